The Hall–Kier alpha value is -3.13. The van der Waals surface area contributed by atoms with Crippen molar-refractivity contribution in [2.45, 2.75) is 38.5 Å². The second-order valence-electron chi connectivity index (χ2n) is 6.58. The number of carbonyl (C=O) groups excluding carboxylic acids is 1. The molecule has 0 bridgehead atoms. The molecule has 8 heteroatoms. The van der Waals surface area contributed by atoms with Gasteiger partial charge in [0.15, 0.2) is 5.69 Å². The van der Waals surface area contributed by atoms with Crippen LogP contribution in [0, 0.1) is 0 Å². The van der Waals surface area contributed by atoms with E-state index in [4.69, 9.17) is 9.15 Å². The van der Waals surface area contributed by atoms with E-state index in [1.165, 1.54) is 10.9 Å². The SMILES string of the molecule is COc1ccccc1[C@@H](O)Cn1cc(C(=O)N[C@H](C)CCc2ccco2)nn1. The molecule has 0 aliphatic carbocycles. The number of aryl methyl sites for hydroxylation is 1. The Kier molecular flexibility index (Phi) is 6.44. The van der Waals surface area contributed by atoms with Gasteiger partial charge in [-0.2, -0.15) is 0 Å². The number of rotatable bonds is 9. The molecule has 3 aromatic rings. The van der Waals surface area contributed by atoms with Gasteiger partial charge >= 0.3 is 0 Å². The Morgan fingerprint density at radius 3 is 2.89 bits per heavy atom. The molecule has 28 heavy (non-hydrogen) atoms. The molecule has 1 amide bonds. The molecule has 0 fully saturated rings. The summed E-state index contributed by atoms with van der Waals surface area (Å²) < 4.78 is 12.0. The number of methoxy groups -OCH3 is 1. The van der Waals surface area contributed by atoms with Crippen molar-refractivity contribution in [3.63, 3.8) is 0 Å². The van der Waals surface area contributed by atoms with Crippen molar-refractivity contribution in [1.82, 2.24) is 20.3 Å². The van der Waals surface area contributed by atoms with Crippen LogP contribution in [0.25, 0.3) is 0 Å². The lowest BCUT2D eigenvalue weighted by Crippen LogP contribution is -2.33. The van der Waals surface area contributed by atoms with Crippen LogP contribution in [0.3, 0.4) is 0 Å². The minimum Gasteiger partial charge on any atom is -0.496 e. The summed E-state index contributed by atoms with van der Waals surface area (Å²) in [5, 5.41) is 21.2. The Labute approximate surface area is 163 Å². The van der Waals surface area contributed by atoms with Crippen LogP contribution in [0.5, 0.6) is 5.75 Å². The van der Waals surface area contributed by atoms with Crippen molar-refractivity contribution in [2.75, 3.05) is 7.11 Å². The van der Waals surface area contributed by atoms with Gasteiger partial charge in [-0.3, -0.25) is 4.79 Å². The van der Waals surface area contributed by atoms with E-state index in [1.54, 1.807) is 25.5 Å². The number of ether oxygens (including phenoxy) is 1. The number of aliphatic hydroxyl groups excluding tert-OH is 1. The predicted octanol–water partition coefficient (Wildman–Crippen LogP) is 2.36. The average molecular weight is 384 g/mol. The van der Waals surface area contributed by atoms with E-state index in [0.717, 1.165) is 18.6 Å². The molecule has 0 saturated heterocycles. The molecular formula is C20H24N4O4. The number of nitrogens with zero attached hydrogens (tertiary/aromatic N) is 3. The first-order chi connectivity index (χ1) is 13.6. The summed E-state index contributed by atoms with van der Waals surface area (Å²) in [7, 11) is 1.55. The zero-order chi connectivity index (χ0) is 19.9. The predicted molar refractivity (Wildman–Crippen MR) is 102 cm³/mol. The molecule has 0 aliphatic heterocycles. The van der Waals surface area contributed by atoms with Gasteiger partial charge in [-0.25, -0.2) is 4.68 Å². The van der Waals surface area contributed by atoms with E-state index in [1.807, 2.05) is 31.2 Å². The number of aliphatic hydroxyl groups is 1. The lowest BCUT2D eigenvalue weighted by molar-refractivity contribution is 0.0932. The summed E-state index contributed by atoms with van der Waals surface area (Å²) in [6.07, 6.45) is 3.82. The van der Waals surface area contributed by atoms with Crippen LogP contribution in [0.15, 0.2) is 53.3 Å². The fourth-order valence-corrected chi connectivity index (χ4v) is 2.89. The van der Waals surface area contributed by atoms with Gasteiger partial charge in [-0.1, -0.05) is 23.4 Å². The number of benzene rings is 1. The first-order valence-corrected chi connectivity index (χ1v) is 9.11. The number of hydrogen-bond donors (Lipinski definition) is 2. The fourth-order valence-electron chi connectivity index (χ4n) is 2.89. The minimum absolute atomic E-state index is 0.0399. The summed E-state index contributed by atoms with van der Waals surface area (Å²) in [4.78, 5) is 12.4. The summed E-state index contributed by atoms with van der Waals surface area (Å²) in [5.41, 5.74) is 0.857. The van der Waals surface area contributed by atoms with E-state index in [0.29, 0.717) is 11.3 Å². The van der Waals surface area contributed by atoms with Crippen LogP contribution >= 0.6 is 0 Å². The molecule has 2 N–H and O–H groups in total. The molecule has 0 aliphatic rings. The van der Waals surface area contributed by atoms with Crippen molar-refractivity contribution in [3.05, 3.63) is 65.9 Å². The van der Waals surface area contributed by atoms with Crippen LogP contribution in [-0.2, 0) is 13.0 Å². The first kappa shape index (κ1) is 19.6. The number of amides is 1. The van der Waals surface area contributed by atoms with Crippen LogP contribution in [0.2, 0.25) is 0 Å². The van der Waals surface area contributed by atoms with E-state index in [9.17, 15) is 9.90 Å². The third-order valence-corrected chi connectivity index (χ3v) is 4.41. The quantitative estimate of drug-likeness (QED) is 0.587. The maximum absolute atomic E-state index is 12.4. The summed E-state index contributed by atoms with van der Waals surface area (Å²) in [6.45, 7) is 2.09. The first-order valence-electron chi connectivity index (χ1n) is 9.11. The molecule has 1 aromatic carbocycles. The summed E-state index contributed by atoms with van der Waals surface area (Å²) >= 11 is 0. The van der Waals surface area contributed by atoms with E-state index in [-0.39, 0.29) is 24.2 Å². The van der Waals surface area contributed by atoms with Gasteiger partial charge < -0.3 is 19.6 Å². The highest BCUT2D eigenvalue weighted by Gasteiger charge is 2.17. The molecule has 2 aromatic heterocycles. The highest BCUT2D eigenvalue weighted by molar-refractivity contribution is 5.92. The highest BCUT2D eigenvalue weighted by Crippen LogP contribution is 2.25. The molecular weight excluding hydrogens is 360 g/mol. The van der Waals surface area contributed by atoms with Gasteiger partial charge in [0.05, 0.1) is 26.1 Å². The number of nitrogens with one attached hydrogen (secondary N) is 1. The third-order valence-electron chi connectivity index (χ3n) is 4.41. The number of aromatic nitrogens is 3. The molecule has 2 heterocycles. The average Bonchev–Trinajstić information content (AvgIpc) is 3.38. The Morgan fingerprint density at radius 2 is 2.14 bits per heavy atom. The molecule has 8 nitrogen and oxygen atoms in total. The number of hydrogen-bond acceptors (Lipinski definition) is 6. The minimum atomic E-state index is -0.832. The van der Waals surface area contributed by atoms with Crippen molar-refractivity contribution >= 4 is 5.91 Å². The highest BCUT2D eigenvalue weighted by atomic mass is 16.5. The lowest BCUT2D eigenvalue weighted by atomic mass is 10.1. The van der Waals surface area contributed by atoms with Gasteiger partial charge in [0.25, 0.3) is 5.91 Å². The monoisotopic (exact) mass is 384 g/mol. The summed E-state index contributed by atoms with van der Waals surface area (Å²) in [6, 6.07) is 10.9. The maximum Gasteiger partial charge on any atom is 0.273 e. The largest absolute Gasteiger partial charge is 0.496 e. The van der Waals surface area contributed by atoms with E-state index >= 15 is 0 Å². The number of para-hydroxylation sites is 1. The smallest absolute Gasteiger partial charge is 0.273 e. The maximum atomic E-state index is 12.4. The van der Waals surface area contributed by atoms with Gasteiger partial charge in [-0.15, -0.1) is 5.10 Å². The topological polar surface area (TPSA) is 102 Å². The van der Waals surface area contributed by atoms with Crippen LogP contribution in [0.4, 0.5) is 0 Å². The van der Waals surface area contributed by atoms with Crippen molar-refractivity contribution in [1.29, 1.82) is 0 Å². The van der Waals surface area contributed by atoms with Crippen molar-refractivity contribution in [2.24, 2.45) is 0 Å². The van der Waals surface area contributed by atoms with Crippen LogP contribution < -0.4 is 10.1 Å². The molecule has 3 rings (SSSR count). The van der Waals surface area contributed by atoms with Gasteiger partial charge in [-0.05, 0) is 31.5 Å². The fraction of sp³-hybridized carbons (Fsp3) is 0.350. The molecule has 0 radical (unpaired) electrons. The van der Waals surface area contributed by atoms with E-state index in [2.05, 4.69) is 15.6 Å². The molecule has 0 saturated carbocycles. The molecule has 0 unspecified atom stereocenters. The zero-order valence-electron chi connectivity index (χ0n) is 15.9. The molecule has 2 atom stereocenters. The second kappa shape index (κ2) is 9.18. The molecule has 148 valence electrons. The number of carbonyl (C=O) groups is 1. The van der Waals surface area contributed by atoms with Gasteiger partial charge in [0.2, 0.25) is 0 Å². The normalized spacial score (nSPS) is 13.1. The lowest BCUT2D eigenvalue weighted by Gasteiger charge is -2.14. The van der Waals surface area contributed by atoms with Crippen molar-refractivity contribution < 1.29 is 19.1 Å². The van der Waals surface area contributed by atoms with Crippen LogP contribution in [-0.4, -0.2) is 39.2 Å². The Balaban J connectivity index is 1.54. The standard InChI is InChI=1S/C20H24N4O4/c1-14(9-10-15-6-5-11-28-15)21-20(26)17-12-24(23-22-17)13-18(25)16-7-3-4-8-19(16)27-2/h3-8,11-12,14,18,25H,9-10,13H2,1-2H3,(H,21,26)/t14-,18+/m1/s1. The Morgan fingerprint density at radius 1 is 1.32 bits per heavy atom. The second-order valence-corrected chi connectivity index (χ2v) is 6.58. The van der Waals surface area contributed by atoms with E-state index < -0.39 is 6.10 Å². The van der Waals surface area contributed by atoms with Crippen LogP contribution in [0.1, 0.15) is 41.3 Å². The summed E-state index contributed by atoms with van der Waals surface area (Å²) in [5.74, 6) is 1.18. The Bertz CT molecular complexity index is 891. The molecule has 0 spiro atoms. The zero-order valence-corrected chi connectivity index (χ0v) is 15.9. The third kappa shape index (κ3) is 4.98. The van der Waals surface area contributed by atoms with Crippen molar-refractivity contribution in [3.8, 4) is 5.75 Å². The number of furan rings is 1. The van der Waals surface area contributed by atoms with Gasteiger partial charge in [0.1, 0.15) is 17.6 Å². The van der Waals surface area contributed by atoms with Gasteiger partial charge in [0, 0.05) is 18.0 Å².